The third-order valence-corrected chi connectivity index (χ3v) is 4.27. The number of rotatable bonds is 4. The summed E-state index contributed by atoms with van der Waals surface area (Å²) in [5, 5.41) is 3.40. The Kier molecular flexibility index (Phi) is 4.78. The molecule has 0 saturated carbocycles. The second kappa shape index (κ2) is 6.34. The summed E-state index contributed by atoms with van der Waals surface area (Å²) in [7, 11) is 3.44. The normalized spacial score (nSPS) is 16.6. The van der Waals surface area contributed by atoms with Crippen molar-refractivity contribution in [3.05, 3.63) is 17.7 Å². The second-order valence-corrected chi connectivity index (χ2v) is 5.30. The number of hydrogen-bond donors (Lipinski definition) is 1. The molecule has 4 heteroatoms. The van der Waals surface area contributed by atoms with Gasteiger partial charge in [0.2, 0.25) is 0 Å². The molecule has 1 aliphatic rings. The zero-order valence-electron chi connectivity index (χ0n) is 11.3. The average Bonchev–Trinajstić information content (AvgIpc) is 2.46. The van der Waals surface area contributed by atoms with Crippen LogP contribution < -0.4 is 14.8 Å². The molecule has 1 N–H and O–H groups in total. The highest BCUT2D eigenvalue weighted by molar-refractivity contribution is 7.98. The number of piperidine rings is 1. The zero-order valence-corrected chi connectivity index (χ0v) is 12.1. The maximum atomic E-state index is 5.60. The SMILES string of the molecule is COc1c(SC)ccc(C2CCNCC2)c1OC. The first kappa shape index (κ1) is 13.6. The van der Waals surface area contributed by atoms with Gasteiger partial charge in [-0.3, -0.25) is 0 Å². The molecule has 1 fully saturated rings. The Morgan fingerprint density at radius 1 is 1.11 bits per heavy atom. The van der Waals surface area contributed by atoms with Crippen molar-refractivity contribution in [3.63, 3.8) is 0 Å². The molecule has 1 aliphatic heterocycles. The van der Waals surface area contributed by atoms with Crippen molar-refractivity contribution in [3.8, 4) is 11.5 Å². The van der Waals surface area contributed by atoms with E-state index in [1.165, 1.54) is 5.56 Å². The monoisotopic (exact) mass is 267 g/mol. The number of nitrogens with one attached hydrogen (secondary N) is 1. The minimum atomic E-state index is 0.575. The molecular formula is C14H21NO2S. The largest absolute Gasteiger partial charge is 0.493 e. The van der Waals surface area contributed by atoms with Gasteiger partial charge in [0.15, 0.2) is 11.5 Å². The number of methoxy groups -OCH3 is 2. The second-order valence-electron chi connectivity index (χ2n) is 4.45. The summed E-state index contributed by atoms with van der Waals surface area (Å²) >= 11 is 1.69. The number of hydrogen-bond acceptors (Lipinski definition) is 4. The fourth-order valence-corrected chi connectivity index (χ4v) is 3.14. The van der Waals surface area contributed by atoms with E-state index in [1.54, 1.807) is 26.0 Å². The van der Waals surface area contributed by atoms with Crippen LogP contribution in [0.1, 0.15) is 24.3 Å². The molecule has 0 atom stereocenters. The summed E-state index contributed by atoms with van der Waals surface area (Å²) in [5.41, 5.74) is 1.29. The molecule has 1 aromatic rings. The minimum absolute atomic E-state index is 0.575. The van der Waals surface area contributed by atoms with Gasteiger partial charge in [-0.05, 0) is 44.2 Å². The van der Waals surface area contributed by atoms with Gasteiger partial charge in [-0.1, -0.05) is 6.07 Å². The van der Waals surface area contributed by atoms with Gasteiger partial charge in [0.25, 0.3) is 0 Å². The Bertz CT molecular complexity index is 403. The van der Waals surface area contributed by atoms with Gasteiger partial charge in [-0.2, -0.15) is 0 Å². The van der Waals surface area contributed by atoms with E-state index in [-0.39, 0.29) is 0 Å². The molecule has 0 aliphatic carbocycles. The van der Waals surface area contributed by atoms with Crippen LogP contribution in [0.5, 0.6) is 11.5 Å². The Balaban J connectivity index is 2.40. The van der Waals surface area contributed by atoms with Crippen molar-refractivity contribution in [2.24, 2.45) is 0 Å². The molecule has 3 nitrogen and oxygen atoms in total. The van der Waals surface area contributed by atoms with Crippen LogP contribution in [-0.2, 0) is 0 Å². The molecule has 1 heterocycles. The van der Waals surface area contributed by atoms with Crippen LogP contribution in [0.4, 0.5) is 0 Å². The lowest BCUT2D eigenvalue weighted by Gasteiger charge is -2.26. The summed E-state index contributed by atoms with van der Waals surface area (Å²) in [6.07, 6.45) is 4.39. The summed E-state index contributed by atoms with van der Waals surface area (Å²) in [4.78, 5) is 1.13. The highest BCUT2D eigenvalue weighted by atomic mass is 32.2. The van der Waals surface area contributed by atoms with Crippen molar-refractivity contribution in [2.45, 2.75) is 23.7 Å². The van der Waals surface area contributed by atoms with Crippen LogP contribution in [-0.4, -0.2) is 33.6 Å². The van der Waals surface area contributed by atoms with Gasteiger partial charge in [-0.15, -0.1) is 11.8 Å². The van der Waals surface area contributed by atoms with Gasteiger partial charge >= 0.3 is 0 Å². The molecular weight excluding hydrogens is 246 g/mol. The molecule has 1 aromatic carbocycles. The molecule has 0 spiro atoms. The first-order valence-electron chi connectivity index (χ1n) is 6.31. The van der Waals surface area contributed by atoms with Gasteiger partial charge in [0, 0.05) is 5.56 Å². The van der Waals surface area contributed by atoms with Gasteiger partial charge in [0.05, 0.1) is 19.1 Å². The molecule has 2 rings (SSSR count). The Morgan fingerprint density at radius 2 is 1.78 bits per heavy atom. The van der Waals surface area contributed by atoms with E-state index in [9.17, 15) is 0 Å². The number of ether oxygens (including phenoxy) is 2. The van der Waals surface area contributed by atoms with Crippen molar-refractivity contribution in [1.29, 1.82) is 0 Å². The molecule has 1 saturated heterocycles. The maximum Gasteiger partial charge on any atom is 0.174 e. The molecule has 0 bridgehead atoms. The van der Waals surface area contributed by atoms with E-state index in [2.05, 4.69) is 23.7 Å². The lowest BCUT2D eigenvalue weighted by Crippen LogP contribution is -2.26. The Hall–Kier alpha value is -0.870. The van der Waals surface area contributed by atoms with Crippen molar-refractivity contribution in [1.82, 2.24) is 5.32 Å². The van der Waals surface area contributed by atoms with Crippen molar-refractivity contribution >= 4 is 11.8 Å². The highest BCUT2D eigenvalue weighted by Gasteiger charge is 2.22. The van der Waals surface area contributed by atoms with Crippen LogP contribution >= 0.6 is 11.8 Å². The fourth-order valence-electron chi connectivity index (χ4n) is 2.58. The molecule has 18 heavy (non-hydrogen) atoms. The topological polar surface area (TPSA) is 30.5 Å². The first-order valence-corrected chi connectivity index (χ1v) is 7.53. The summed E-state index contributed by atoms with van der Waals surface area (Å²) < 4.78 is 11.1. The number of thioether (sulfide) groups is 1. The third-order valence-electron chi connectivity index (χ3n) is 3.51. The molecule has 0 radical (unpaired) electrons. The third kappa shape index (κ3) is 2.59. The molecule has 0 unspecified atom stereocenters. The average molecular weight is 267 g/mol. The van der Waals surface area contributed by atoms with E-state index < -0.39 is 0 Å². The number of benzene rings is 1. The first-order chi connectivity index (χ1) is 8.81. The van der Waals surface area contributed by atoms with Crippen LogP contribution in [0, 0.1) is 0 Å². The Morgan fingerprint density at radius 3 is 2.33 bits per heavy atom. The summed E-state index contributed by atoms with van der Waals surface area (Å²) in [6, 6.07) is 4.34. The zero-order chi connectivity index (χ0) is 13.0. The van der Waals surface area contributed by atoms with Crippen molar-refractivity contribution < 1.29 is 9.47 Å². The van der Waals surface area contributed by atoms with Crippen LogP contribution in [0.2, 0.25) is 0 Å². The lowest BCUT2D eigenvalue weighted by molar-refractivity contribution is 0.338. The fraction of sp³-hybridized carbons (Fsp3) is 0.571. The minimum Gasteiger partial charge on any atom is -0.493 e. The van der Waals surface area contributed by atoms with Crippen LogP contribution in [0.15, 0.2) is 17.0 Å². The van der Waals surface area contributed by atoms with E-state index in [1.807, 2.05) is 0 Å². The smallest absolute Gasteiger partial charge is 0.174 e. The van der Waals surface area contributed by atoms with E-state index in [0.717, 1.165) is 42.3 Å². The molecule has 100 valence electrons. The van der Waals surface area contributed by atoms with Gasteiger partial charge < -0.3 is 14.8 Å². The van der Waals surface area contributed by atoms with Crippen LogP contribution in [0.3, 0.4) is 0 Å². The van der Waals surface area contributed by atoms with Gasteiger partial charge in [-0.25, -0.2) is 0 Å². The van der Waals surface area contributed by atoms with Crippen LogP contribution in [0.25, 0.3) is 0 Å². The van der Waals surface area contributed by atoms with E-state index >= 15 is 0 Å². The van der Waals surface area contributed by atoms with E-state index in [0.29, 0.717) is 5.92 Å². The van der Waals surface area contributed by atoms with E-state index in [4.69, 9.17) is 9.47 Å². The quantitative estimate of drug-likeness (QED) is 0.850. The Labute approximate surface area is 113 Å². The van der Waals surface area contributed by atoms with Crippen molar-refractivity contribution in [2.75, 3.05) is 33.6 Å². The lowest BCUT2D eigenvalue weighted by atomic mass is 9.89. The summed E-state index contributed by atoms with van der Waals surface area (Å²) in [5.74, 6) is 2.36. The standard InChI is InChI=1S/C14H21NO2S/c1-16-13-11(10-6-8-15-9-7-10)4-5-12(18-3)14(13)17-2/h4-5,10,15H,6-9H2,1-3H3. The molecule has 0 aromatic heterocycles. The molecule has 0 amide bonds. The van der Waals surface area contributed by atoms with Gasteiger partial charge in [0.1, 0.15) is 0 Å². The highest BCUT2D eigenvalue weighted by Crippen LogP contribution is 2.43. The predicted octanol–water partition coefficient (Wildman–Crippen LogP) is 2.89. The summed E-state index contributed by atoms with van der Waals surface area (Å²) in [6.45, 7) is 2.17. The maximum absolute atomic E-state index is 5.60. The predicted molar refractivity (Wildman–Crippen MR) is 76.2 cm³/mol.